The number of terminal acetylenes is 1. The van der Waals surface area contributed by atoms with Crippen LogP contribution in [0.1, 0.15) is 12.8 Å². The minimum absolute atomic E-state index is 0.0936. The molecule has 2 nitrogen and oxygen atoms in total. The lowest BCUT2D eigenvalue weighted by atomic mass is 10.2. The molecule has 54 valence electrons. The van der Waals surface area contributed by atoms with Crippen LogP contribution in [-0.4, -0.2) is 30.3 Å². The highest BCUT2D eigenvalue weighted by Gasteiger charge is 2.22. The van der Waals surface area contributed by atoms with Gasteiger partial charge in [-0.2, -0.15) is 0 Å². The first-order valence-corrected chi connectivity index (χ1v) is 3.51. The Balaban J connectivity index is 2.43. The van der Waals surface area contributed by atoms with E-state index in [1.807, 2.05) is 4.90 Å². The molecule has 0 aliphatic carbocycles. The quantitative estimate of drug-likeness (QED) is 0.402. The van der Waals surface area contributed by atoms with Gasteiger partial charge in [-0.1, -0.05) is 5.92 Å². The van der Waals surface area contributed by atoms with E-state index in [-0.39, 0.29) is 6.04 Å². The largest absolute Gasteiger partial charge is 0.302 e. The summed E-state index contributed by atoms with van der Waals surface area (Å²) < 4.78 is 0. The van der Waals surface area contributed by atoms with Gasteiger partial charge in [0.2, 0.25) is 0 Å². The summed E-state index contributed by atoms with van der Waals surface area (Å²) in [6, 6.07) is 0.0936. The lowest BCUT2D eigenvalue weighted by Crippen LogP contribution is -2.30. The Kier molecular flexibility index (Phi) is 2.47. The normalized spacial score (nSPS) is 26.1. The summed E-state index contributed by atoms with van der Waals surface area (Å²) in [5, 5.41) is 0. The van der Waals surface area contributed by atoms with Gasteiger partial charge in [-0.15, -0.1) is 6.42 Å². The molecule has 0 aromatic carbocycles. The van der Waals surface area contributed by atoms with Crippen LogP contribution in [0.5, 0.6) is 0 Å². The van der Waals surface area contributed by atoms with Gasteiger partial charge in [0.1, 0.15) is 6.29 Å². The standard InChI is InChI=1S/C8H11NO/c1-2-5-9-6-3-4-8(9)7-10/h1,7-8H,3-6H2/t8-/m0/s1. The molecule has 2 heteroatoms. The maximum atomic E-state index is 10.4. The zero-order valence-electron chi connectivity index (χ0n) is 5.92. The first kappa shape index (κ1) is 7.30. The maximum absolute atomic E-state index is 10.4. The predicted octanol–water partition coefficient (Wildman–Crippen LogP) is 0.283. The second-order valence-corrected chi connectivity index (χ2v) is 2.52. The Labute approximate surface area is 61.2 Å². The van der Waals surface area contributed by atoms with Crippen molar-refractivity contribution in [2.24, 2.45) is 0 Å². The minimum atomic E-state index is 0.0936. The Morgan fingerprint density at radius 2 is 2.60 bits per heavy atom. The van der Waals surface area contributed by atoms with Crippen LogP contribution < -0.4 is 0 Å². The van der Waals surface area contributed by atoms with Gasteiger partial charge in [0.15, 0.2) is 0 Å². The molecule has 0 radical (unpaired) electrons. The third kappa shape index (κ3) is 1.37. The molecule has 0 aromatic heterocycles. The van der Waals surface area contributed by atoms with Gasteiger partial charge in [-0.3, -0.25) is 4.90 Å². The summed E-state index contributed by atoms with van der Waals surface area (Å²) in [5.74, 6) is 2.54. The van der Waals surface area contributed by atoms with Gasteiger partial charge in [0.05, 0.1) is 12.6 Å². The van der Waals surface area contributed by atoms with Crippen LogP contribution in [0.15, 0.2) is 0 Å². The smallest absolute Gasteiger partial charge is 0.137 e. The number of nitrogens with zero attached hydrogens (tertiary/aromatic N) is 1. The molecule has 1 aliphatic heterocycles. The van der Waals surface area contributed by atoms with Crippen molar-refractivity contribution in [1.82, 2.24) is 4.90 Å². The summed E-state index contributed by atoms with van der Waals surface area (Å²) in [4.78, 5) is 12.4. The van der Waals surface area contributed by atoms with Crippen LogP contribution in [0.25, 0.3) is 0 Å². The van der Waals surface area contributed by atoms with Gasteiger partial charge in [0.25, 0.3) is 0 Å². The second-order valence-electron chi connectivity index (χ2n) is 2.52. The number of hydrogen-bond acceptors (Lipinski definition) is 2. The van der Waals surface area contributed by atoms with Crippen molar-refractivity contribution in [3.05, 3.63) is 0 Å². The average molecular weight is 137 g/mol. The van der Waals surface area contributed by atoms with Crippen molar-refractivity contribution in [2.75, 3.05) is 13.1 Å². The number of likely N-dealkylation sites (tertiary alicyclic amines) is 1. The first-order chi connectivity index (χ1) is 4.88. The monoisotopic (exact) mass is 137 g/mol. The fourth-order valence-corrected chi connectivity index (χ4v) is 1.32. The molecular weight excluding hydrogens is 126 g/mol. The highest BCUT2D eigenvalue weighted by Crippen LogP contribution is 2.13. The van der Waals surface area contributed by atoms with Crippen LogP contribution >= 0.6 is 0 Å². The van der Waals surface area contributed by atoms with Gasteiger partial charge in [0, 0.05) is 0 Å². The molecule has 0 unspecified atom stereocenters. The molecule has 10 heavy (non-hydrogen) atoms. The molecule has 0 amide bonds. The van der Waals surface area contributed by atoms with E-state index in [2.05, 4.69) is 5.92 Å². The zero-order valence-corrected chi connectivity index (χ0v) is 5.92. The minimum Gasteiger partial charge on any atom is -0.302 e. The third-order valence-corrected chi connectivity index (χ3v) is 1.87. The van der Waals surface area contributed by atoms with Crippen LogP contribution in [0.4, 0.5) is 0 Å². The van der Waals surface area contributed by atoms with E-state index < -0.39 is 0 Å². The van der Waals surface area contributed by atoms with Gasteiger partial charge < -0.3 is 4.79 Å². The van der Waals surface area contributed by atoms with Crippen LogP contribution in [0, 0.1) is 12.3 Å². The Morgan fingerprint density at radius 3 is 3.20 bits per heavy atom. The molecule has 1 saturated heterocycles. The molecule has 1 heterocycles. The van der Waals surface area contributed by atoms with Gasteiger partial charge >= 0.3 is 0 Å². The maximum Gasteiger partial charge on any atom is 0.137 e. The molecule has 1 fully saturated rings. The SMILES string of the molecule is C#CCN1CCC[C@H]1C=O. The van der Waals surface area contributed by atoms with Crippen LogP contribution in [-0.2, 0) is 4.79 Å². The molecule has 0 bridgehead atoms. The van der Waals surface area contributed by atoms with Gasteiger partial charge in [-0.05, 0) is 19.4 Å². The molecular formula is C8H11NO. The summed E-state index contributed by atoms with van der Waals surface area (Å²) >= 11 is 0. The molecule has 0 aromatic rings. The summed E-state index contributed by atoms with van der Waals surface area (Å²) in [5.41, 5.74) is 0. The molecule has 0 saturated carbocycles. The van der Waals surface area contributed by atoms with Crippen LogP contribution in [0.3, 0.4) is 0 Å². The third-order valence-electron chi connectivity index (χ3n) is 1.87. The first-order valence-electron chi connectivity index (χ1n) is 3.51. The Morgan fingerprint density at radius 1 is 1.80 bits per heavy atom. The van der Waals surface area contributed by atoms with Crippen molar-refractivity contribution >= 4 is 6.29 Å². The van der Waals surface area contributed by atoms with Crippen LogP contribution in [0.2, 0.25) is 0 Å². The number of rotatable bonds is 2. The van der Waals surface area contributed by atoms with Gasteiger partial charge in [-0.25, -0.2) is 0 Å². The lowest BCUT2D eigenvalue weighted by molar-refractivity contribution is -0.111. The number of carbonyl (C=O) groups excluding carboxylic acids is 1. The van der Waals surface area contributed by atoms with E-state index in [0.717, 1.165) is 25.7 Å². The molecule has 0 spiro atoms. The number of carbonyl (C=O) groups is 1. The molecule has 0 N–H and O–H groups in total. The van der Waals surface area contributed by atoms with E-state index in [9.17, 15) is 4.79 Å². The van der Waals surface area contributed by atoms with E-state index in [1.165, 1.54) is 0 Å². The molecule has 1 aliphatic rings. The zero-order chi connectivity index (χ0) is 7.40. The number of hydrogen-bond donors (Lipinski definition) is 0. The Hall–Kier alpha value is -0.810. The average Bonchev–Trinajstić information content (AvgIpc) is 2.36. The van der Waals surface area contributed by atoms with Crippen molar-refractivity contribution in [2.45, 2.75) is 18.9 Å². The van der Waals surface area contributed by atoms with Crippen molar-refractivity contribution < 1.29 is 4.79 Å². The fourth-order valence-electron chi connectivity index (χ4n) is 1.32. The fraction of sp³-hybridized carbons (Fsp3) is 0.625. The van der Waals surface area contributed by atoms with Crippen molar-refractivity contribution in [3.63, 3.8) is 0 Å². The topological polar surface area (TPSA) is 20.3 Å². The highest BCUT2D eigenvalue weighted by molar-refractivity contribution is 5.58. The summed E-state index contributed by atoms with van der Waals surface area (Å²) in [7, 11) is 0. The van der Waals surface area contributed by atoms with E-state index >= 15 is 0 Å². The Bertz CT molecular complexity index is 159. The van der Waals surface area contributed by atoms with Crippen molar-refractivity contribution in [1.29, 1.82) is 0 Å². The lowest BCUT2D eigenvalue weighted by Gasteiger charge is -2.15. The summed E-state index contributed by atoms with van der Waals surface area (Å²) in [6.45, 7) is 1.59. The highest BCUT2D eigenvalue weighted by atomic mass is 16.1. The summed E-state index contributed by atoms with van der Waals surface area (Å²) in [6.07, 6.45) is 8.19. The second kappa shape index (κ2) is 3.38. The molecule has 1 rings (SSSR count). The predicted molar refractivity (Wildman–Crippen MR) is 39.5 cm³/mol. The number of aldehydes is 1. The molecule has 1 atom stereocenters. The van der Waals surface area contributed by atoms with E-state index in [1.54, 1.807) is 0 Å². The van der Waals surface area contributed by atoms with E-state index in [4.69, 9.17) is 6.42 Å². The van der Waals surface area contributed by atoms with Crippen molar-refractivity contribution in [3.8, 4) is 12.3 Å². The van der Waals surface area contributed by atoms with E-state index in [0.29, 0.717) is 6.54 Å².